The van der Waals surface area contributed by atoms with Crippen LogP contribution >= 0.6 is 0 Å². The summed E-state index contributed by atoms with van der Waals surface area (Å²) in [6, 6.07) is 7.06. The quantitative estimate of drug-likeness (QED) is 0.843. The maximum atomic E-state index is 11.7. The zero-order chi connectivity index (χ0) is 14.0. The summed E-state index contributed by atoms with van der Waals surface area (Å²) < 4.78 is 11.1. The second kappa shape index (κ2) is 5.01. The van der Waals surface area contributed by atoms with Crippen LogP contribution in [0.2, 0.25) is 0 Å². The number of aromatic nitrogens is 2. The maximum absolute atomic E-state index is 11.7. The van der Waals surface area contributed by atoms with Crippen molar-refractivity contribution < 1.29 is 14.3 Å². The number of benzene rings is 1. The highest BCUT2D eigenvalue weighted by Crippen LogP contribution is 2.24. The second-order valence-corrected chi connectivity index (χ2v) is 3.93. The van der Waals surface area contributed by atoms with Crippen LogP contribution in [0.1, 0.15) is 10.5 Å². The Morgan fingerprint density at radius 2 is 1.84 bits per heavy atom. The molecule has 0 spiro atoms. The molecule has 0 fully saturated rings. The van der Waals surface area contributed by atoms with Gasteiger partial charge in [-0.15, -0.1) is 0 Å². The molecule has 0 saturated carbocycles. The van der Waals surface area contributed by atoms with Gasteiger partial charge in [-0.3, -0.25) is 9.55 Å². The molecule has 0 atom stereocenters. The SMILES string of the molecule is COC(=O)c1[nH]c(=O)n(C)c1-c1ccc(OC)cc1. The fourth-order valence-electron chi connectivity index (χ4n) is 1.86. The number of ether oxygens (including phenoxy) is 2. The van der Waals surface area contributed by atoms with E-state index in [0.717, 1.165) is 5.56 Å². The summed E-state index contributed by atoms with van der Waals surface area (Å²) >= 11 is 0. The van der Waals surface area contributed by atoms with Crippen molar-refractivity contribution in [2.45, 2.75) is 0 Å². The van der Waals surface area contributed by atoms with E-state index >= 15 is 0 Å². The van der Waals surface area contributed by atoms with Gasteiger partial charge in [0.2, 0.25) is 0 Å². The molecule has 0 amide bonds. The molecule has 0 bridgehead atoms. The Morgan fingerprint density at radius 1 is 1.21 bits per heavy atom. The number of H-pyrrole nitrogens is 1. The number of imidazole rings is 1. The standard InChI is InChI=1S/C13H14N2O4/c1-15-11(8-4-6-9(18-2)7-5-8)10(12(16)19-3)14-13(15)17/h4-7H,1-3H3,(H,14,17). The van der Waals surface area contributed by atoms with E-state index in [4.69, 9.17) is 4.74 Å². The summed E-state index contributed by atoms with van der Waals surface area (Å²) in [6.07, 6.45) is 0. The highest BCUT2D eigenvalue weighted by molar-refractivity contribution is 5.94. The monoisotopic (exact) mass is 262 g/mol. The summed E-state index contributed by atoms with van der Waals surface area (Å²) in [5.74, 6) is 0.118. The van der Waals surface area contributed by atoms with E-state index < -0.39 is 5.97 Å². The van der Waals surface area contributed by atoms with Crippen molar-refractivity contribution in [1.82, 2.24) is 9.55 Å². The minimum absolute atomic E-state index is 0.139. The van der Waals surface area contributed by atoms with Crippen LogP contribution in [0.15, 0.2) is 29.1 Å². The number of hydrogen-bond acceptors (Lipinski definition) is 4. The topological polar surface area (TPSA) is 73.3 Å². The Bertz CT molecular complexity index is 652. The first-order valence-electron chi connectivity index (χ1n) is 5.60. The zero-order valence-corrected chi connectivity index (χ0v) is 10.9. The lowest BCUT2D eigenvalue weighted by Gasteiger charge is -2.06. The lowest BCUT2D eigenvalue weighted by Crippen LogP contribution is -2.13. The van der Waals surface area contributed by atoms with Gasteiger partial charge in [0, 0.05) is 12.6 Å². The average Bonchev–Trinajstić information content (AvgIpc) is 2.74. The Morgan fingerprint density at radius 3 is 2.37 bits per heavy atom. The van der Waals surface area contributed by atoms with Gasteiger partial charge in [0.1, 0.15) is 5.75 Å². The number of methoxy groups -OCH3 is 2. The summed E-state index contributed by atoms with van der Waals surface area (Å²) in [4.78, 5) is 25.8. The smallest absolute Gasteiger partial charge is 0.356 e. The molecule has 0 aliphatic rings. The zero-order valence-electron chi connectivity index (χ0n) is 10.9. The van der Waals surface area contributed by atoms with Crippen LogP contribution in [0.25, 0.3) is 11.3 Å². The van der Waals surface area contributed by atoms with Crippen molar-refractivity contribution in [2.75, 3.05) is 14.2 Å². The van der Waals surface area contributed by atoms with Crippen LogP contribution in [0, 0.1) is 0 Å². The number of carbonyl (C=O) groups excluding carboxylic acids is 1. The molecule has 1 heterocycles. The number of nitrogens with zero attached hydrogens (tertiary/aromatic N) is 1. The van der Waals surface area contributed by atoms with Crippen molar-refractivity contribution in [1.29, 1.82) is 0 Å². The molecule has 0 aliphatic carbocycles. The van der Waals surface area contributed by atoms with E-state index in [-0.39, 0.29) is 11.4 Å². The van der Waals surface area contributed by atoms with Gasteiger partial charge in [0.25, 0.3) is 0 Å². The Balaban J connectivity index is 2.59. The molecule has 6 heteroatoms. The maximum Gasteiger partial charge on any atom is 0.356 e. The minimum Gasteiger partial charge on any atom is -0.497 e. The van der Waals surface area contributed by atoms with E-state index in [1.54, 1.807) is 38.4 Å². The fraction of sp³-hybridized carbons (Fsp3) is 0.231. The molecule has 0 unspecified atom stereocenters. The molecule has 100 valence electrons. The van der Waals surface area contributed by atoms with Crippen LogP contribution < -0.4 is 10.4 Å². The number of esters is 1. The van der Waals surface area contributed by atoms with Gasteiger partial charge < -0.3 is 9.47 Å². The van der Waals surface area contributed by atoms with Gasteiger partial charge >= 0.3 is 11.7 Å². The van der Waals surface area contributed by atoms with Crippen molar-refractivity contribution in [3.63, 3.8) is 0 Å². The molecule has 2 rings (SSSR count). The highest BCUT2D eigenvalue weighted by atomic mass is 16.5. The third-order valence-corrected chi connectivity index (χ3v) is 2.86. The molecule has 0 radical (unpaired) electrons. The lowest BCUT2D eigenvalue weighted by molar-refractivity contribution is 0.0595. The molecule has 19 heavy (non-hydrogen) atoms. The van der Waals surface area contributed by atoms with Crippen LogP contribution in [-0.2, 0) is 11.8 Å². The number of rotatable bonds is 3. The first-order valence-corrected chi connectivity index (χ1v) is 5.60. The average molecular weight is 262 g/mol. The summed E-state index contributed by atoms with van der Waals surface area (Å²) in [6.45, 7) is 0. The molecular weight excluding hydrogens is 248 g/mol. The van der Waals surface area contributed by atoms with Gasteiger partial charge in [0.15, 0.2) is 5.69 Å². The van der Waals surface area contributed by atoms with E-state index in [0.29, 0.717) is 11.4 Å². The van der Waals surface area contributed by atoms with Gasteiger partial charge in [0.05, 0.1) is 19.9 Å². The van der Waals surface area contributed by atoms with Crippen molar-refractivity contribution in [2.24, 2.45) is 7.05 Å². The van der Waals surface area contributed by atoms with E-state index in [2.05, 4.69) is 9.72 Å². The van der Waals surface area contributed by atoms with Crippen LogP contribution in [-0.4, -0.2) is 29.7 Å². The van der Waals surface area contributed by atoms with Gasteiger partial charge in [-0.2, -0.15) is 0 Å². The molecular formula is C13H14N2O4. The number of aromatic amines is 1. The van der Waals surface area contributed by atoms with Crippen LogP contribution in [0.5, 0.6) is 5.75 Å². The largest absolute Gasteiger partial charge is 0.497 e. The summed E-state index contributed by atoms with van der Waals surface area (Å²) in [5.41, 5.74) is 0.980. The third-order valence-electron chi connectivity index (χ3n) is 2.86. The molecule has 1 aromatic heterocycles. The third kappa shape index (κ3) is 2.24. The number of hydrogen-bond donors (Lipinski definition) is 1. The summed E-state index contributed by atoms with van der Waals surface area (Å²) in [5, 5.41) is 0. The Kier molecular flexibility index (Phi) is 3.41. The number of carbonyl (C=O) groups is 1. The fourth-order valence-corrected chi connectivity index (χ4v) is 1.86. The first-order chi connectivity index (χ1) is 9.08. The lowest BCUT2D eigenvalue weighted by atomic mass is 10.1. The predicted octanol–water partition coefficient (Wildman–Crippen LogP) is 1.18. The first kappa shape index (κ1) is 12.9. The van der Waals surface area contributed by atoms with Crippen molar-refractivity contribution in [3.8, 4) is 17.0 Å². The predicted molar refractivity (Wildman–Crippen MR) is 69.4 cm³/mol. The summed E-state index contributed by atoms with van der Waals surface area (Å²) in [7, 11) is 4.43. The van der Waals surface area contributed by atoms with Crippen molar-refractivity contribution >= 4 is 5.97 Å². The molecule has 2 aromatic rings. The Hall–Kier alpha value is -2.50. The van der Waals surface area contributed by atoms with Gasteiger partial charge in [-0.1, -0.05) is 0 Å². The highest BCUT2D eigenvalue weighted by Gasteiger charge is 2.20. The van der Waals surface area contributed by atoms with Crippen LogP contribution in [0.3, 0.4) is 0 Å². The van der Waals surface area contributed by atoms with E-state index in [1.807, 2.05) is 0 Å². The molecule has 0 aliphatic heterocycles. The van der Waals surface area contributed by atoms with Crippen molar-refractivity contribution in [3.05, 3.63) is 40.4 Å². The molecule has 1 aromatic carbocycles. The molecule has 1 N–H and O–H groups in total. The minimum atomic E-state index is -0.580. The van der Waals surface area contributed by atoms with E-state index in [1.165, 1.54) is 11.7 Å². The van der Waals surface area contributed by atoms with Gasteiger partial charge in [-0.25, -0.2) is 9.59 Å². The van der Waals surface area contributed by atoms with Gasteiger partial charge in [-0.05, 0) is 24.3 Å². The van der Waals surface area contributed by atoms with E-state index in [9.17, 15) is 9.59 Å². The second-order valence-electron chi connectivity index (χ2n) is 3.93. The molecule has 6 nitrogen and oxygen atoms in total. The Labute approximate surface area is 109 Å². The normalized spacial score (nSPS) is 10.3. The molecule has 0 saturated heterocycles. The van der Waals surface area contributed by atoms with Crippen LogP contribution in [0.4, 0.5) is 0 Å². The number of nitrogens with one attached hydrogen (secondary N) is 1.